The van der Waals surface area contributed by atoms with Gasteiger partial charge in [-0.15, -0.1) is 0 Å². The first-order chi connectivity index (χ1) is 2.77. The largest absolute Gasteiger partial charge is 0.405 e. The Balaban J connectivity index is 3.03. The summed E-state index contributed by atoms with van der Waals surface area (Å²) >= 11 is 0. The lowest BCUT2D eigenvalue weighted by atomic mass is 10.4. The van der Waals surface area contributed by atoms with Gasteiger partial charge in [-0.25, -0.2) is 0 Å². The van der Waals surface area contributed by atoms with Crippen molar-refractivity contribution in [3.05, 3.63) is 12.3 Å². The Bertz CT molecular complexity index is 47.5. The topological polar surface area (TPSA) is 52.0 Å². The summed E-state index contributed by atoms with van der Waals surface area (Å²) in [6, 6.07) is 0.0926. The molecule has 1 unspecified atom stereocenters. The van der Waals surface area contributed by atoms with Crippen molar-refractivity contribution in [3.63, 3.8) is 0 Å². The van der Waals surface area contributed by atoms with Crippen LogP contribution in [0, 0.1) is 0 Å². The second kappa shape index (κ2) is 2.72. The van der Waals surface area contributed by atoms with E-state index >= 15 is 0 Å². The van der Waals surface area contributed by atoms with Crippen molar-refractivity contribution in [3.8, 4) is 0 Å². The highest BCUT2D eigenvalue weighted by atomic mass is 14.6. The fraction of sp³-hybridized carbons (Fsp3) is 0.500. The fourth-order valence-corrected chi connectivity index (χ4v) is 0.175. The lowest BCUT2D eigenvalue weighted by Crippen LogP contribution is -2.10. The molecule has 4 N–H and O–H groups in total. The van der Waals surface area contributed by atoms with Crippen molar-refractivity contribution in [2.75, 3.05) is 0 Å². The van der Waals surface area contributed by atoms with Crippen LogP contribution in [0.4, 0.5) is 0 Å². The number of rotatable bonds is 1. The first kappa shape index (κ1) is 5.50. The third kappa shape index (κ3) is 3.50. The minimum atomic E-state index is 0.0926. The molecule has 0 rings (SSSR count). The van der Waals surface area contributed by atoms with E-state index in [-0.39, 0.29) is 6.04 Å². The van der Waals surface area contributed by atoms with E-state index < -0.39 is 0 Å². The Kier molecular flexibility index (Phi) is 2.50. The van der Waals surface area contributed by atoms with Gasteiger partial charge in [0.05, 0.1) is 0 Å². The molecule has 0 bridgehead atoms. The van der Waals surface area contributed by atoms with Crippen molar-refractivity contribution in [2.45, 2.75) is 13.0 Å². The zero-order chi connectivity index (χ0) is 4.99. The van der Waals surface area contributed by atoms with Crippen molar-refractivity contribution in [2.24, 2.45) is 11.5 Å². The molecule has 0 radical (unpaired) electrons. The van der Waals surface area contributed by atoms with Gasteiger partial charge in [0.2, 0.25) is 0 Å². The molecule has 0 aromatic heterocycles. The molecule has 0 spiro atoms. The minimum absolute atomic E-state index is 0.0926. The molecule has 0 aliphatic carbocycles. The molecule has 0 aliphatic heterocycles. The quantitative estimate of drug-likeness (QED) is 0.464. The van der Waals surface area contributed by atoms with Crippen LogP contribution in [0.25, 0.3) is 0 Å². The Morgan fingerprint density at radius 2 is 2.17 bits per heavy atom. The van der Waals surface area contributed by atoms with Crippen LogP contribution >= 0.6 is 0 Å². The molecule has 36 valence electrons. The maximum atomic E-state index is 5.24. The van der Waals surface area contributed by atoms with Crippen LogP contribution in [-0.2, 0) is 0 Å². The molecule has 0 saturated carbocycles. The highest BCUT2D eigenvalue weighted by Gasteiger charge is 1.76. The van der Waals surface area contributed by atoms with Gasteiger partial charge in [0.1, 0.15) is 0 Å². The van der Waals surface area contributed by atoms with E-state index in [1.165, 1.54) is 6.20 Å². The molecule has 0 aromatic carbocycles. The molecule has 0 fully saturated rings. The van der Waals surface area contributed by atoms with Gasteiger partial charge < -0.3 is 11.5 Å². The van der Waals surface area contributed by atoms with Crippen LogP contribution in [0.5, 0.6) is 0 Å². The Labute approximate surface area is 37.8 Å². The molecule has 1 atom stereocenters. The van der Waals surface area contributed by atoms with E-state index in [4.69, 9.17) is 11.5 Å². The first-order valence-electron chi connectivity index (χ1n) is 1.91. The Morgan fingerprint density at radius 3 is 2.17 bits per heavy atom. The molecule has 6 heavy (non-hydrogen) atoms. The summed E-state index contributed by atoms with van der Waals surface area (Å²) in [5.74, 6) is 0. The summed E-state index contributed by atoms with van der Waals surface area (Å²) < 4.78 is 0. The molecule has 0 amide bonds. The summed E-state index contributed by atoms with van der Waals surface area (Å²) in [6.45, 7) is 1.86. The van der Waals surface area contributed by atoms with Gasteiger partial charge in [-0.05, 0) is 13.1 Å². The van der Waals surface area contributed by atoms with Crippen molar-refractivity contribution in [1.29, 1.82) is 0 Å². The van der Waals surface area contributed by atoms with E-state index in [2.05, 4.69) is 0 Å². The minimum Gasteiger partial charge on any atom is -0.405 e. The second-order valence-electron chi connectivity index (χ2n) is 1.24. The smallest absolute Gasteiger partial charge is 0.0211 e. The van der Waals surface area contributed by atoms with Crippen molar-refractivity contribution in [1.82, 2.24) is 0 Å². The van der Waals surface area contributed by atoms with Crippen LogP contribution in [0.1, 0.15) is 6.92 Å². The van der Waals surface area contributed by atoms with Crippen LogP contribution < -0.4 is 11.5 Å². The van der Waals surface area contributed by atoms with E-state index in [9.17, 15) is 0 Å². The molecule has 0 heterocycles. The van der Waals surface area contributed by atoms with Crippen LogP contribution in [0.3, 0.4) is 0 Å². The summed E-state index contributed by atoms with van der Waals surface area (Å²) in [7, 11) is 0. The molecule has 0 aliphatic rings. The van der Waals surface area contributed by atoms with Gasteiger partial charge in [-0.3, -0.25) is 0 Å². The number of nitrogens with two attached hydrogens (primary N) is 2. The van der Waals surface area contributed by atoms with E-state index in [1.54, 1.807) is 6.08 Å². The molecule has 0 saturated heterocycles. The van der Waals surface area contributed by atoms with Crippen molar-refractivity contribution >= 4 is 0 Å². The lowest BCUT2D eigenvalue weighted by molar-refractivity contribution is 0.923. The standard InChI is InChI=1S/C4H10N2/c1-4(6)2-3-5/h2-4H,5-6H2,1H3/b3-2-. The van der Waals surface area contributed by atoms with Crippen LogP contribution in [0.15, 0.2) is 12.3 Å². The summed E-state index contributed by atoms with van der Waals surface area (Å²) in [6.07, 6.45) is 3.17. The van der Waals surface area contributed by atoms with E-state index in [1.807, 2.05) is 6.92 Å². The highest BCUT2D eigenvalue weighted by molar-refractivity contribution is 4.83. The normalized spacial score (nSPS) is 15.7. The zero-order valence-corrected chi connectivity index (χ0v) is 3.89. The second-order valence-corrected chi connectivity index (χ2v) is 1.24. The average molecular weight is 86.1 g/mol. The first-order valence-corrected chi connectivity index (χ1v) is 1.91. The summed E-state index contributed by atoms with van der Waals surface area (Å²) in [4.78, 5) is 0. The summed E-state index contributed by atoms with van der Waals surface area (Å²) in [5.41, 5.74) is 10.2. The predicted octanol–water partition coefficient (Wildman–Crippen LogP) is -0.194. The van der Waals surface area contributed by atoms with Gasteiger partial charge in [0.15, 0.2) is 0 Å². The van der Waals surface area contributed by atoms with Crippen LogP contribution in [0.2, 0.25) is 0 Å². The molecule has 2 nitrogen and oxygen atoms in total. The number of hydrogen-bond acceptors (Lipinski definition) is 2. The molecule has 2 heteroatoms. The third-order valence-corrected chi connectivity index (χ3v) is 0.415. The zero-order valence-electron chi connectivity index (χ0n) is 3.89. The van der Waals surface area contributed by atoms with Gasteiger partial charge in [0, 0.05) is 6.04 Å². The highest BCUT2D eigenvalue weighted by Crippen LogP contribution is 1.70. The third-order valence-electron chi connectivity index (χ3n) is 0.415. The Morgan fingerprint density at radius 1 is 1.67 bits per heavy atom. The molecular weight excluding hydrogens is 76.1 g/mol. The van der Waals surface area contributed by atoms with E-state index in [0.717, 1.165) is 0 Å². The lowest BCUT2D eigenvalue weighted by Gasteiger charge is -1.88. The van der Waals surface area contributed by atoms with Gasteiger partial charge in [0.25, 0.3) is 0 Å². The van der Waals surface area contributed by atoms with Gasteiger partial charge in [-0.1, -0.05) is 6.08 Å². The number of hydrogen-bond donors (Lipinski definition) is 2. The maximum absolute atomic E-state index is 5.24. The van der Waals surface area contributed by atoms with Crippen LogP contribution in [-0.4, -0.2) is 6.04 Å². The monoisotopic (exact) mass is 86.1 g/mol. The average Bonchev–Trinajstić information content (AvgIpc) is 1.35. The summed E-state index contributed by atoms with van der Waals surface area (Å²) in [5, 5.41) is 0. The predicted molar refractivity (Wildman–Crippen MR) is 27.0 cm³/mol. The molecular formula is C4H10N2. The SMILES string of the molecule is CC(N)/C=C\N. The maximum Gasteiger partial charge on any atom is 0.0211 e. The fourth-order valence-electron chi connectivity index (χ4n) is 0.175. The molecule has 0 aromatic rings. The Hall–Kier alpha value is -0.500. The van der Waals surface area contributed by atoms with Gasteiger partial charge >= 0.3 is 0 Å². The van der Waals surface area contributed by atoms with Crippen molar-refractivity contribution < 1.29 is 0 Å². The van der Waals surface area contributed by atoms with Gasteiger partial charge in [-0.2, -0.15) is 0 Å². The van der Waals surface area contributed by atoms with E-state index in [0.29, 0.717) is 0 Å².